The Bertz CT molecular complexity index is 918. The van der Waals surface area contributed by atoms with Gasteiger partial charge in [-0.05, 0) is 29.8 Å². The molecular weight excluding hydrogens is 375 g/mol. The molecule has 1 aliphatic heterocycles. The summed E-state index contributed by atoms with van der Waals surface area (Å²) in [6, 6.07) is 12.2. The van der Waals surface area contributed by atoms with Crippen molar-refractivity contribution in [2.45, 2.75) is 11.9 Å². The number of halogens is 1. The summed E-state index contributed by atoms with van der Waals surface area (Å²) in [5.41, 5.74) is 1.07. The van der Waals surface area contributed by atoms with Gasteiger partial charge in [0.2, 0.25) is 10.0 Å². The molecule has 2 aromatic rings. The van der Waals surface area contributed by atoms with Crippen LogP contribution >= 0.6 is 0 Å². The van der Waals surface area contributed by atoms with Crippen molar-refractivity contribution in [2.24, 2.45) is 0 Å². The van der Waals surface area contributed by atoms with E-state index in [1.165, 1.54) is 36.3 Å². The van der Waals surface area contributed by atoms with Crippen molar-refractivity contribution < 1.29 is 27.1 Å². The van der Waals surface area contributed by atoms with E-state index in [4.69, 9.17) is 9.47 Å². The minimum absolute atomic E-state index is 0.0459. The van der Waals surface area contributed by atoms with Crippen molar-refractivity contribution in [1.29, 1.82) is 0 Å². The highest BCUT2D eigenvalue weighted by atomic mass is 32.2. The first kappa shape index (κ1) is 19.1. The molecule has 1 saturated heterocycles. The van der Waals surface area contributed by atoms with Crippen molar-refractivity contribution in [3.63, 3.8) is 0 Å². The summed E-state index contributed by atoms with van der Waals surface area (Å²) in [5.74, 6) is -0.114. The van der Waals surface area contributed by atoms with Crippen molar-refractivity contribution in [3.05, 3.63) is 59.9 Å². The average molecular weight is 394 g/mol. The zero-order valence-corrected chi connectivity index (χ0v) is 15.4. The molecule has 3 rings (SSSR count). The fourth-order valence-corrected chi connectivity index (χ4v) is 3.86. The van der Waals surface area contributed by atoms with Crippen LogP contribution in [-0.2, 0) is 20.5 Å². The number of rotatable bonds is 7. The van der Waals surface area contributed by atoms with Crippen molar-refractivity contribution in [1.82, 2.24) is 4.72 Å². The lowest BCUT2D eigenvalue weighted by molar-refractivity contribution is 0.143. The normalized spacial score (nSPS) is 17.0. The summed E-state index contributed by atoms with van der Waals surface area (Å²) in [4.78, 5) is 13.5. The fraction of sp³-hybridized carbons (Fsp3) is 0.278. The Hall–Kier alpha value is -2.65. The first-order chi connectivity index (χ1) is 12.9. The SMILES string of the molecule is COc1cccc(N2CC(CNS(=O)(=O)Cc3ccc(F)cc3)OC2=O)c1. The monoisotopic (exact) mass is 394 g/mol. The highest BCUT2D eigenvalue weighted by molar-refractivity contribution is 7.88. The molecule has 2 aromatic carbocycles. The predicted molar refractivity (Wildman–Crippen MR) is 97.6 cm³/mol. The van der Waals surface area contributed by atoms with Crippen LogP contribution in [0, 0.1) is 5.82 Å². The van der Waals surface area contributed by atoms with Gasteiger partial charge in [-0.25, -0.2) is 22.3 Å². The van der Waals surface area contributed by atoms with Gasteiger partial charge < -0.3 is 9.47 Å². The molecule has 144 valence electrons. The van der Waals surface area contributed by atoms with E-state index in [0.717, 1.165) is 0 Å². The van der Waals surface area contributed by atoms with Crippen LogP contribution < -0.4 is 14.4 Å². The van der Waals surface area contributed by atoms with E-state index in [9.17, 15) is 17.6 Å². The average Bonchev–Trinajstić information content (AvgIpc) is 3.03. The second-order valence-corrected chi connectivity index (χ2v) is 7.86. The smallest absolute Gasteiger partial charge is 0.414 e. The highest BCUT2D eigenvalue weighted by Crippen LogP contribution is 2.25. The van der Waals surface area contributed by atoms with E-state index in [0.29, 0.717) is 17.0 Å². The van der Waals surface area contributed by atoms with Gasteiger partial charge in [0.1, 0.15) is 17.7 Å². The third kappa shape index (κ3) is 4.95. The number of sulfonamides is 1. The molecule has 1 aliphatic rings. The number of hydrogen-bond donors (Lipinski definition) is 1. The molecule has 1 heterocycles. The number of hydrogen-bond acceptors (Lipinski definition) is 5. The number of nitrogens with one attached hydrogen (secondary N) is 1. The number of nitrogens with zero attached hydrogens (tertiary/aromatic N) is 1. The number of carbonyl (C=O) groups excluding carboxylic acids is 1. The highest BCUT2D eigenvalue weighted by Gasteiger charge is 2.33. The number of amides is 1. The summed E-state index contributed by atoms with van der Waals surface area (Å²) in [5, 5.41) is 0. The Morgan fingerprint density at radius 2 is 2.00 bits per heavy atom. The summed E-state index contributed by atoms with van der Waals surface area (Å²) in [7, 11) is -2.12. The molecular formula is C18H19FN2O5S. The molecule has 1 amide bonds. The summed E-state index contributed by atoms with van der Waals surface area (Å²) in [6.07, 6.45) is -1.17. The Kier molecular flexibility index (Phi) is 5.62. The molecule has 0 bridgehead atoms. The van der Waals surface area contributed by atoms with Gasteiger partial charge in [-0.3, -0.25) is 4.90 Å². The molecule has 0 spiro atoms. The van der Waals surface area contributed by atoms with E-state index in [1.807, 2.05) is 0 Å². The molecule has 1 N–H and O–H groups in total. The van der Waals surface area contributed by atoms with Crippen molar-refractivity contribution in [3.8, 4) is 5.75 Å². The summed E-state index contributed by atoms with van der Waals surface area (Å²) >= 11 is 0. The van der Waals surface area contributed by atoms with E-state index in [1.54, 1.807) is 24.3 Å². The zero-order chi connectivity index (χ0) is 19.4. The van der Waals surface area contributed by atoms with Crippen LogP contribution in [0.15, 0.2) is 48.5 Å². The lowest BCUT2D eigenvalue weighted by Crippen LogP contribution is -2.35. The second kappa shape index (κ2) is 7.93. The number of benzene rings is 2. The fourth-order valence-electron chi connectivity index (χ4n) is 2.69. The van der Waals surface area contributed by atoms with E-state index >= 15 is 0 Å². The van der Waals surface area contributed by atoms with Crippen LogP contribution in [0.4, 0.5) is 14.9 Å². The molecule has 7 nitrogen and oxygen atoms in total. The van der Waals surface area contributed by atoms with Crippen LogP contribution in [0.25, 0.3) is 0 Å². The molecule has 1 atom stereocenters. The van der Waals surface area contributed by atoms with Crippen LogP contribution in [0.3, 0.4) is 0 Å². The van der Waals surface area contributed by atoms with Gasteiger partial charge >= 0.3 is 6.09 Å². The predicted octanol–water partition coefficient (Wildman–Crippen LogP) is 2.28. The van der Waals surface area contributed by atoms with Gasteiger partial charge in [-0.15, -0.1) is 0 Å². The molecule has 27 heavy (non-hydrogen) atoms. The minimum atomic E-state index is -3.65. The summed E-state index contributed by atoms with van der Waals surface area (Å²) in [6.45, 7) is 0.167. The second-order valence-electron chi connectivity index (χ2n) is 6.05. The van der Waals surface area contributed by atoms with Gasteiger partial charge in [0, 0.05) is 12.6 Å². The van der Waals surface area contributed by atoms with E-state index < -0.39 is 28.0 Å². The maximum Gasteiger partial charge on any atom is 0.414 e. The van der Waals surface area contributed by atoms with E-state index in [2.05, 4.69) is 4.72 Å². The minimum Gasteiger partial charge on any atom is -0.497 e. The van der Waals surface area contributed by atoms with E-state index in [-0.39, 0.29) is 18.8 Å². The van der Waals surface area contributed by atoms with Crippen LogP contribution in [0.5, 0.6) is 5.75 Å². The van der Waals surface area contributed by atoms with Crippen LogP contribution in [0.1, 0.15) is 5.56 Å². The lowest BCUT2D eigenvalue weighted by Gasteiger charge is -2.14. The van der Waals surface area contributed by atoms with Gasteiger partial charge in [0.25, 0.3) is 0 Å². The van der Waals surface area contributed by atoms with Crippen molar-refractivity contribution in [2.75, 3.05) is 25.1 Å². The maximum atomic E-state index is 12.9. The van der Waals surface area contributed by atoms with Crippen LogP contribution in [-0.4, -0.2) is 40.8 Å². The topological polar surface area (TPSA) is 84.9 Å². The summed E-state index contributed by atoms with van der Waals surface area (Å²) < 4.78 is 50.1. The Morgan fingerprint density at radius 1 is 1.26 bits per heavy atom. The molecule has 0 aromatic heterocycles. The first-order valence-corrected chi connectivity index (χ1v) is 9.85. The third-order valence-corrected chi connectivity index (χ3v) is 5.36. The van der Waals surface area contributed by atoms with Gasteiger partial charge in [0.05, 0.1) is 25.1 Å². The standard InChI is InChI=1S/C18H19FN2O5S/c1-25-16-4-2-3-15(9-16)21-11-17(26-18(21)22)10-20-27(23,24)12-13-5-7-14(19)8-6-13/h2-9,17,20H,10-12H2,1H3. The van der Waals surface area contributed by atoms with Gasteiger partial charge in [0.15, 0.2) is 0 Å². The third-order valence-electron chi connectivity index (χ3n) is 4.04. The largest absolute Gasteiger partial charge is 0.497 e. The number of ether oxygens (including phenoxy) is 2. The number of methoxy groups -OCH3 is 1. The number of anilines is 1. The number of cyclic esters (lactones) is 1. The molecule has 0 aliphatic carbocycles. The lowest BCUT2D eigenvalue weighted by atomic mass is 10.2. The Labute approximate surface area is 156 Å². The molecule has 9 heteroatoms. The van der Waals surface area contributed by atoms with Crippen LogP contribution in [0.2, 0.25) is 0 Å². The van der Waals surface area contributed by atoms with Gasteiger partial charge in [-0.1, -0.05) is 18.2 Å². The Balaban J connectivity index is 1.58. The molecule has 1 unspecified atom stereocenters. The number of carbonyl (C=O) groups is 1. The quantitative estimate of drug-likeness (QED) is 0.779. The molecule has 0 saturated carbocycles. The first-order valence-electron chi connectivity index (χ1n) is 8.20. The van der Waals surface area contributed by atoms with Crippen molar-refractivity contribution >= 4 is 21.8 Å². The Morgan fingerprint density at radius 3 is 2.70 bits per heavy atom. The van der Waals surface area contributed by atoms with Gasteiger partial charge in [-0.2, -0.15) is 0 Å². The molecule has 0 radical (unpaired) electrons. The zero-order valence-electron chi connectivity index (χ0n) is 14.6. The molecule has 1 fully saturated rings. The maximum absolute atomic E-state index is 12.9.